The summed E-state index contributed by atoms with van der Waals surface area (Å²) in [4.78, 5) is 11.9. The second-order valence-corrected chi connectivity index (χ2v) is 5.68. The molecule has 0 amide bonds. The SMILES string of the molecule is CCOC(=O)/C=C(/Nc1ccc2c(ccn2CC)c1)c1ccccc1. The number of nitrogens with zero attached hydrogens (tertiary/aromatic N) is 1. The van der Waals surface area contributed by atoms with Gasteiger partial charge in [-0.25, -0.2) is 4.79 Å². The minimum atomic E-state index is -0.355. The minimum absolute atomic E-state index is 0.355. The highest BCUT2D eigenvalue weighted by Crippen LogP contribution is 2.24. The van der Waals surface area contributed by atoms with Gasteiger partial charge >= 0.3 is 5.97 Å². The van der Waals surface area contributed by atoms with Crippen molar-refractivity contribution in [1.82, 2.24) is 4.57 Å². The Bertz CT molecular complexity index is 895. The number of carbonyl (C=O) groups excluding carboxylic acids is 1. The smallest absolute Gasteiger partial charge is 0.332 e. The lowest BCUT2D eigenvalue weighted by Crippen LogP contribution is -2.06. The van der Waals surface area contributed by atoms with Crippen molar-refractivity contribution in [2.24, 2.45) is 0 Å². The summed E-state index contributed by atoms with van der Waals surface area (Å²) in [7, 11) is 0. The van der Waals surface area contributed by atoms with Crippen LogP contribution in [0.25, 0.3) is 16.6 Å². The monoisotopic (exact) mass is 334 g/mol. The molecule has 1 heterocycles. The van der Waals surface area contributed by atoms with Gasteiger partial charge in [0.05, 0.1) is 12.3 Å². The molecule has 25 heavy (non-hydrogen) atoms. The molecule has 1 aromatic heterocycles. The fourth-order valence-corrected chi connectivity index (χ4v) is 2.82. The van der Waals surface area contributed by atoms with Gasteiger partial charge in [0, 0.05) is 35.4 Å². The van der Waals surface area contributed by atoms with Crippen molar-refractivity contribution < 1.29 is 9.53 Å². The van der Waals surface area contributed by atoms with Crippen LogP contribution in [-0.2, 0) is 16.1 Å². The predicted octanol–water partition coefficient (Wildman–Crippen LogP) is 4.68. The molecule has 4 heteroatoms. The largest absolute Gasteiger partial charge is 0.463 e. The average Bonchev–Trinajstić information content (AvgIpc) is 3.04. The van der Waals surface area contributed by atoms with E-state index < -0.39 is 0 Å². The first-order valence-corrected chi connectivity index (χ1v) is 8.51. The second-order valence-electron chi connectivity index (χ2n) is 5.68. The molecule has 0 fully saturated rings. The van der Waals surface area contributed by atoms with E-state index in [4.69, 9.17) is 4.74 Å². The number of carbonyl (C=O) groups is 1. The molecule has 0 saturated carbocycles. The van der Waals surface area contributed by atoms with Gasteiger partial charge in [-0.2, -0.15) is 0 Å². The third-order valence-electron chi connectivity index (χ3n) is 4.02. The van der Waals surface area contributed by atoms with Crippen molar-refractivity contribution in [2.75, 3.05) is 11.9 Å². The Labute approximate surface area is 147 Å². The van der Waals surface area contributed by atoms with E-state index in [-0.39, 0.29) is 5.97 Å². The summed E-state index contributed by atoms with van der Waals surface area (Å²) in [5, 5.41) is 4.52. The molecular formula is C21H22N2O2. The lowest BCUT2D eigenvalue weighted by Gasteiger charge is -2.12. The van der Waals surface area contributed by atoms with E-state index in [0.29, 0.717) is 12.3 Å². The molecule has 0 atom stereocenters. The first-order valence-electron chi connectivity index (χ1n) is 8.51. The number of nitrogens with one attached hydrogen (secondary N) is 1. The molecule has 3 aromatic rings. The highest BCUT2D eigenvalue weighted by atomic mass is 16.5. The van der Waals surface area contributed by atoms with Gasteiger partial charge in [-0.15, -0.1) is 0 Å². The third-order valence-corrected chi connectivity index (χ3v) is 4.02. The van der Waals surface area contributed by atoms with Crippen LogP contribution in [0.4, 0.5) is 5.69 Å². The zero-order chi connectivity index (χ0) is 17.6. The molecule has 3 rings (SSSR count). The van der Waals surface area contributed by atoms with Crippen molar-refractivity contribution in [2.45, 2.75) is 20.4 Å². The van der Waals surface area contributed by atoms with Gasteiger partial charge in [-0.05, 0) is 43.7 Å². The number of benzene rings is 2. The van der Waals surface area contributed by atoms with Crippen molar-refractivity contribution in [3.63, 3.8) is 0 Å². The summed E-state index contributed by atoms with van der Waals surface area (Å²) in [6.45, 7) is 5.22. The molecule has 0 saturated heterocycles. The van der Waals surface area contributed by atoms with Crippen LogP contribution in [0.2, 0.25) is 0 Å². The summed E-state index contributed by atoms with van der Waals surface area (Å²) in [5.74, 6) is -0.355. The van der Waals surface area contributed by atoms with Crippen molar-refractivity contribution in [1.29, 1.82) is 0 Å². The Kier molecular flexibility index (Phi) is 5.19. The minimum Gasteiger partial charge on any atom is -0.463 e. The van der Waals surface area contributed by atoms with Crippen molar-refractivity contribution in [3.8, 4) is 0 Å². The number of aromatic nitrogens is 1. The number of fused-ring (bicyclic) bond motifs is 1. The molecule has 0 spiro atoms. The fraction of sp³-hybridized carbons (Fsp3) is 0.190. The molecule has 0 aliphatic carbocycles. The summed E-state index contributed by atoms with van der Waals surface area (Å²) < 4.78 is 7.26. The van der Waals surface area contributed by atoms with Crippen LogP contribution < -0.4 is 5.32 Å². The zero-order valence-electron chi connectivity index (χ0n) is 14.5. The summed E-state index contributed by atoms with van der Waals surface area (Å²) >= 11 is 0. The first-order chi connectivity index (χ1) is 12.2. The number of rotatable bonds is 6. The summed E-state index contributed by atoms with van der Waals surface area (Å²) in [6.07, 6.45) is 3.58. The Balaban J connectivity index is 1.93. The molecule has 2 aromatic carbocycles. The topological polar surface area (TPSA) is 43.3 Å². The predicted molar refractivity (Wildman–Crippen MR) is 102 cm³/mol. The lowest BCUT2D eigenvalue weighted by molar-refractivity contribution is -0.137. The van der Waals surface area contributed by atoms with Crippen LogP contribution >= 0.6 is 0 Å². The number of hydrogen-bond donors (Lipinski definition) is 1. The van der Waals surface area contributed by atoms with E-state index in [1.807, 2.05) is 36.4 Å². The van der Waals surface area contributed by atoms with Crippen LogP contribution in [-0.4, -0.2) is 17.1 Å². The van der Waals surface area contributed by atoms with E-state index in [0.717, 1.165) is 23.2 Å². The highest BCUT2D eigenvalue weighted by molar-refractivity contribution is 5.95. The van der Waals surface area contributed by atoms with Crippen LogP contribution in [0.3, 0.4) is 0 Å². The standard InChI is InChI=1S/C21H22N2O2/c1-3-23-13-12-17-14-18(10-11-20(17)23)22-19(15-21(24)25-4-2)16-8-6-5-7-9-16/h5-15,22H,3-4H2,1-2H3/b19-15+. The maximum absolute atomic E-state index is 11.9. The van der Waals surface area contributed by atoms with Crippen LogP contribution in [0.15, 0.2) is 66.9 Å². The lowest BCUT2D eigenvalue weighted by atomic mass is 10.1. The van der Waals surface area contributed by atoms with Gasteiger partial charge < -0.3 is 14.6 Å². The summed E-state index contributed by atoms with van der Waals surface area (Å²) in [5.41, 5.74) is 3.78. The van der Waals surface area contributed by atoms with E-state index in [1.54, 1.807) is 6.92 Å². The van der Waals surface area contributed by atoms with Crippen LogP contribution in [0.5, 0.6) is 0 Å². The molecule has 1 N–H and O–H groups in total. The van der Waals surface area contributed by atoms with Gasteiger partial charge in [-0.3, -0.25) is 0 Å². The Morgan fingerprint density at radius 2 is 1.92 bits per heavy atom. The van der Waals surface area contributed by atoms with Gasteiger partial charge in [0.2, 0.25) is 0 Å². The zero-order valence-corrected chi connectivity index (χ0v) is 14.5. The normalized spacial score (nSPS) is 11.5. The Morgan fingerprint density at radius 1 is 1.12 bits per heavy atom. The molecule has 4 nitrogen and oxygen atoms in total. The van der Waals surface area contributed by atoms with Crippen LogP contribution in [0.1, 0.15) is 19.4 Å². The maximum Gasteiger partial charge on any atom is 0.332 e. The maximum atomic E-state index is 11.9. The van der Waals surface area contributed by atoms with Crippen molar-refractivity contribution in [3.05, 3.63) is 72.4 Å². The number of hydrogen-bond acceptors (Lipinski definition) is 3. The van der Waals surface area contributed by atoms with Crippen molar-refractivity contribution >= 4 is 28.3 Å². The number of anilines is 1. The highest BCUT2D eigenvalue weighted by Gasteiger charge is 2.07. The molecule has 0 radical (unpaired) electrons. The molecule has 0 aliphatic heterocycles. The molecule has 0 unspecified atom stereocenters. The van der Waals surface area contributed by atoms with E-state index in [9.17, 15) is 4.79 Å². The number of aryl methyl sites for hydroxylation is 1. The van der Waals surface area contributed by atoms with Gasteiger partial charge in [0.15, 0.2) is 0 Å². The average molecular weight is 334 g/mol. The van der Waals surface area contributed by atoms with E-state index >= 15 is 0 Å². The summed E-state index contributed by atoms with van der Waals surface area (Å²) in [6, 6.07) is 18.1. The first kappa shape index (κ1) is 16.8. The fourth-order valence-electron chi connectivity index (χ4n) is 2.82. The van der Waals surface area contributed by atoms with E-state index in [2.05, 4.69) is 41.2 Å². The van der Waals surface area contributed by atoms with Gasteiger partial charge in [-0.1, -0.05) is 30.3 Å². The molecular weight excluding hydrogens is 312 g/mol. The third kappa shape index (κ3) is 3.91. The number of esters is 1. The van der Waals surface area contributed by atoms with Gasteiger partial charge in [0.25, 0.3) is 0 Å². The molecule has 0 bridgehead atoms. The Morgan fingerprint density at radius 3 is 2.64 bits per heavy atom. The van der Waals surface area contributed by atoms with Gasteiger partial charge in [0.1, 0.15) is 0 Å². The van der Waals surface area contributed by atoms with E-state index in [1.165, 1.54) is 11.6 Å². The Hall–Kier alpha value is -3.01. The quantitative estimate of drug-likeness (QED) is 0.526. The molecule has 128 valence electrons. The molecule has 0 aliphatic rings. The number of ether oxygens (including phenoxy) is 1. The second kappa shape index (κ2) is 7.71. The van der Waals surface area contributed by atoms with Crippen LogP contribution in [0, 0.1) is 0 Å².